The third-order valence-corrected chi connectivity index (χ3v) is 5.10. The van der Waals surface area contributed by atoms with Gasteiger partial charge in [-0.2, -0.15) is 0 Å². The quantitative estimate of drug-likeness (QED) is 0.890. The minimum absolute atomic E-state index is 0.0132. The van der Waals surface area contributed by atoms with Crippen molar-refractivity contribution in [3.8, 4) is 11.5 Å². The minimum Gasteiger partial charge on any atom is -0.486 e. The summed E-state index contributed by atoms with van der Waals surface area (Å²) < 4.78 is 16.5. The molecule has 1 saturated heterocycles. The van der Waals surface area contributed by atoms with E-state index < -0.39 is 0 Å². The van der Waals surface area contributed by atoms with Crippen molar-refractivity contribution in [1.82, 2.24) is 10.1 Å². The predicted octanol–water partition coefficient (Wildman–Crippen LogP) is 3.03. The first-order valence-corrected chi connectivity index (χ1v) is 9.56. The van der Waals surface area contributed by atoms with Crippen molar-refractivity contribution in [3.63, 3.8) is 0 Å². The van der Waals surface area contributed by atoms with Crippen LogP contribution in [0.15, 0.2) is 22.7 Å². The van der Waals surface area contributed by atoms with Gasteiger partial charge in [0.25, 0.3) is 5.91 Å². The van der Waals surface area contributed by atoms with Gasteiger partial charge in [0.15, 0.2) is 11.5 Å². The topological polar surface area (TPSA) is 76.8 Å². The summed E-state index contributed by atoms with van der Waals surface area (Å²) in [6, 6.07) is 6.08. The lowest BCUT2D eigenvalue weighted by molar-refractivity contribution is 0.0712. The molecule has 1 aromatic carbocycles. The Bertz CT molecular complexity index is 833. The fraction of sp³-hybridized carbons (Fsp3) is 0.500. The second-order valence-electron chi connectivity index (χ2n) is 7.01. The average Bonchev–Trinajstić information content (AvgIpc) is 3.08. The zero-order valence-electron chi connectivity index (χ0n) is 15.8. The molecule has 0 aliphatic carbocycles. The number of anilines is 1. The highest BCUT2D eigenvalue weighted by atomic mass is 16.6. The van der Waals surface area contributed by atoms with Gasteiger partial charge in [-0.25, -0.2) is 0 Å². The summed E-state index contributed by atoms with van der Waals surface area (Å²) in [7, 11) is 0. The molecule has 0 unspecified atom stereocenters. The molecule has 27 heavy (non-hydrogen) atoms. The number of aryl methyl sites for hydroxylation is 2. The van der Waals surface area contributed by atoms with Gasteiger partial charge in [-0.1, -0.05) is 12.1 Å². The summed E-state index contributed by atoms with van der Waals surface area (Å²) in [5.41, 5.74) is 2.34. The highest BCUT2D eigenvalue weighted by molar-refractivity contribution is 5.96. The summed E-state index contributed by atoms with van der Waals surface area (Å²) in [5, 5.41) is 7.55. The molecule has 1 N–H and O–H groups in total. The van der Waals surface area contributed by atoms with Crippen molar-refractivity contribution in [2.75, 3.05) is 31.6 Å². The van der Waals surface area contributed by atoms with Gasteiger partial charge in [-0.3, -0.25) is 4.79 Å². The number of likely N-dealkylation sites (tertiary alicyclic amines) is 1. The van der Waals surface area contributed by atoms with Crippen molar-refractivity contribution in [1.29, 1.82) is 0 Å². The summed E-state index contributed by atoms with van der Waals surface area (Å²) in [4.78, 5) is 14.9. The molecule has 0 radical (unpaired) electrons. The first-order valence-electron chi connectivity index (χ1n) is 9.56. The molecule has 2 aliphatic heterocycles. The number of nitrogens with one attached hydrogen (secondary N) is 1. The number of aromatic nitrogens is 1. The molecule has 144 valence electrons. The van der Waals surface area contributed by atoms with Crippen LogP contribution < -0.4 is 14.8 Å². The Morgan fingerprint density at radius 2 is 2.11 bits per heavy atom. The van der Waals surface area contributed by atoms with Crippen LogP contribution in [0.3, 0.4) is 0 Å². The maximum atomic E-state index is 13.0. The number of hydrogen-bond acceptors (Lipinski definition) is 6. The second kappa shape index (κ2) is 7.50. The molecule has 0 bridgehead atoms. The van der Waals surface area contributed by atoms with Crippen LogP contribution in [0.1, 0.15) is 41.6 Å². The number of rotatable bonds is 4. The normalized spacial score (nSPS) is 19.0. The molecule has 4 rings (SSSR count). The lowest BCUT2D eigenvalue weighted by Gasteiger charge is -2.34. The molecule has 7 nitrogen and oxygen atoms in total. The molecule has 1 aromatic heterocycles. The number of nitrogens with zero attached hydrogens (tertiary/aromatic N) is 2. The van der Waals surface area contributed by atoms with Gasteiger partial charge in [0.2, 0.25) is 0 Å². The van der Waals surface area contributed by atoms with Crippen molar-refractivity contribution in [3.05, 3.63) is 35.2 Å². The first-order chi connectivity index (χ1) is 13.2. The van der Waals surface area contributed by atoms with Crippen molar-refractivity contribution in [2.45, 2.75) is 39.2 Å². The van der Waals surface area contributed by atoms with E-state index in [2.05, 4.69) is 10.5 Å². The predicted molar refractivity (Wildman–Crippen MR) is 101 cm³/mol. The van der Waals surface area contributed by atoms with Gasteiger partial charge >= 0.3 is 0 Å². The Hall–Kier alpha value is -2.70. The monoisotopic (exact) mass is 371 g/mol. The van der Waals surface area contributed by atoms with Gasteiger partial charge in [0, 0.05) is 30.9 Å². The number of benzene rings is 1. The van der Waals surface area contributed by atoms with E-state index in [4.69, 9.17) is 14.0 Å². The van der Waals surface area contributed by atoms with Gasteiger partial charge < -0.3 is 24.2 Å². The van der Waals surface area contributed by atoms with Crippen LogP contribution in [0.2, 0.25) is 0 Å². The Morgan fingerprint density at radius 1 is 1.30 bits per heavy atom. The maximum absolute atomic E-state index is 13.0. The Morgan fingerprint density at radius 3 is 2.93 bits per heavy atom. The molecule has 3 heterocycles. The summed E-state index contributed by atoms with van der Waals surface area (Å²) in [6.45, 7) is 6.35. The van der Waals surface area contributed by atoms with E-state index in [0.29, 0.717) is 37.5 Å². The van der Waals surface area contributed by atoms with Crippen LogP contribution in [0.5, 0.6) is 11.5 Å². The molecular formula is C20H25N3O4. The van der Waals surface area contributed by atoms with Crippen LogP contribution in [-0.2, 0) is 6.42 Å². The molecule has 1 amide bonds. The molecule has 0 spiro atoms. The lowest BCUT2D eigenvalue weighted by atomic mass is 10.0. The SMILES string of the molecule is CCc1noc(C)c1C(=O)N1CCC[C@H](Nc2ccc3c(c2)OCCO3)C1. The number of hydrogen-bond donors (Lipinski definition) is 1. The van der Waals surface area contributed by atoms with E-state index in [-0.39, 0.29) is 11.9 Å². The lowest BCUT2D eigenvalue weighted by Crippen LogP contribution is -2.45. The third kappa shape index (κ3) is 3.59. The highest BCUT2D eigenvalue weighted by Gasteiger charge is 2.29. The molecule has 1 fully saturated rings. The van der Waals surface area contributed by atoms with Crippen LogP contribution in [0.25, 0.3) is 0 Å². The van der Waals surface area contributed by atoms with Gasteiger partial charge in [-0.05, 0) is 38.3 Å². The fourth-order valence-corrected chi connectivity index (χ4v) is 3.74. The summed E-state index contributed by atoms with van der Waals surface area (Å²) in [5.74, 6) is 2.16. The number of piperidine rings is 1. The smallest absolute Gasteiger partial charge is 0.259 e. The number of amides is 1. The average molecular weight is 371 g/mol. The van der Waals surface area contributed by atoms with Crippen LogP contribution >= 0.6 is 0 Å². The van der Waals surface area contributed by atoms with E-state index in [1.54, 1.807) is 6.92 Å². The highest BCUT2D eigenvalue weighted by Crippen LogP contribution is 2.33. The number of fused-ring (bicyclic) bond motifs is 1. The van der Waals surface area contributed by atoms with Crippen LogP contribution in [0, 0.1) is 6.92 Å². The van der Waals surface area contributed by atoms with Crippen LogP contribution in [0.4, 0.5) is 5.69 Å². The molecular weight excluding hydrogens is 346 g/mol. The number of carbonyl (C=O) groups is 1. The Kier molecular flexibility index (Phi) is 4.92. The largest absolute Gasteiger partial charge is 0.486 e. The van der Waals surface area contributed by atoms with E-state index >= 15 is 0 Å². The number of carbonyl (C=O) groups excluding carboxylic acids is 1. The van der Waals surface area contributed by atoms with E-state index in [0.717, 1.165) is 42.3 Å². The molecule has 2 aromatic rings. The standard InChI is InChI=1S/C20H25N3O4/c1-3-16-19(13(2)27-22-16)20(24)23-8-4-5-15(12-23)21-14-6-7-17-18(11-14)26-10-9-25-17/h6-7,11,15,21H,3-5,8-10,12H2,1-2H3/t15-/m0/s1. The zero-order valence-corrected chi connectivity index (χ0v) is 15.8. The maximum Gasteiger partial charge on any atom is 0.259 e. The number of ether oxygens (including phenoxy) is 2. The van der Waals surface area contributed by atoms with E-state index in [1.807, 2.05) is 30.0 Å². The van der Waals surface area contributed by atoms with Crippen molar-refractivity contribution in [2.24, 2.45) is 0 Å². The Labute approximate surface area is 158 Å². The van der Waals surface area contributed by atoms with E-state index in [1.165, 1.54) is 0 Å². The molecule has 1 atom stereocenters. The van der Waals surface area contributed by atoms with Crippen LogP contribution in [-0.4, -0.2) is 48.3 Å². The van der Waals surface area contributed by atoms with Crippen molar-refractivity contribution >= 4 is 11.6 Å². The summed E-state index contributed by atoms with van der Waals surface area (Å²) >= 11 is 0. The van der Waals surface area contributed by atoms with Crippen molar-refractivity contribution < 1.29 is 18.8 Å². The second-order valence-corrected chi connectivity index (χ2v) is 7.01. The molecule has 7 heteroatoms. The van der Waals surface area contributed by atoms with E-state index in [9.17, 15) is 4.79 Å². The molecule has 0 saturated carbocycles. The van der Waals surface area contributed by atoms with Gasteiger partial charge in [-0.15, -0.1) is 0 Å². The van der Waals surface area contributed by atoms with Gasteiger partial charge in [0.05, 0.1) is 5.69 Å². The summed E-state index contributed by atoms with van der Waals surface area (Å²) in [6.07, 6.45) is 2.66. The molecule has 2 aliphatic rings. The Balaban J connectivity index is 1.45. The first kappa shape index (κ1) is 17.7. The fourth-order valence-electron chi connectivity index (χ4n) is 3.74. The minimum atomic E-state index is 0.0132. The zero-order chi connectivity index (χ0) is 18.8. The van der Waals surface area contributed by atoms with Gasteiger partial charge in [0.1, 0.15) is 24.5 Å². The third-order valence-electron chi connectivity index (χ3n) is 5.10.